The molecule has 0 amide bonds. The van der Waals surface area contributed by atoms with Gasteiger partial charge in [-0.05, 0) is 23.8 Å². The van der Waals surface area contributed by atoms with Gasteiger partial charge < -0.3 is 9.47 Å². The van der Waals surface area contributed by atoms with Gasteiger partial charge in [0, 0.05) is 22.9 Å². The number of hydrogen-bond acceptors (Lipinski definition) is 3. The maximum Gasteiger partial charge on any atom is 0.138 e. The van der Waals surface area contributed by atoms with Crippen LogP contribution in [0.2, 0.25) is 0 Å². The Morgan fingerprint density at radius 3 is 2.77 bits per heavy atom. The van der Waals surface area contributed by atoms with E-state index in [-0.39, 0.29) is 11.9 Å². The van der Waals surface area contributed by atoms with E-state index in [1.165, 1.54) is 0 Å². The molecule has 114 valence electrons. The van der Waals surface area contributed by atoms with E-state index in [1.807, 2.05) is 48.5 Å². The minimum absolute atomic E-state index is 0.218. The number of hydrogen-bond donors (Lipinski definition) is 0. The van der Waals surface area contributed by atoms with Crippen molar-refractivity contribution in [2.24, 2.45) is 0 Å². The van der Waals surface area contributed by atoms with Crippen LogP contribution >= 0.6 is 15.9 Å². The van der Waals surface area contributed by atoms with Crippen molar-refractivity contribution in [2.75, 3.05) is 6.61 Å². The molecule has 1 atom stereocenters. The molecule has 0 aliphatic carbocycles. The summed E-state index contributed by atoms with van der Waals surface area (Å²) in [4.78, 5) is 11.7. The fourth-order valence-corrected chi connectivity index (χ4v) is 2.90. The summed E-state index contributed by atoms with van der Waals surface area (Å²) < 4.78 is 12.7. The Labute approximate surface area is 138 Å². The summed E-state index contributed by atoms with van der Waals surface area (Å²) in [5.74, 6) is 1.01. The number of ether oxygens (including phenoxy) is 2. The molecule has 2 aromatic carbocycles. The Kier molecular flexibility index (Phi) is 4.90. The number of benzene rings is 2. The number of ketones is 1. The van der Waals surface area contributed by atoms with Crippen LogP contribution in [0.1, 0.15) is 30.1 Å². The molecule has 0 saturated carbocycles. The van der Waals surface area contributed by atoms with E-state index in [1.54, 1.807) is 0 Å². The molecule has 1 fully saturated rings. The van der Waals surface area contributed by atoms with Crippen molar-refractivity contribution in [1.82, 2.24) is 0 Å². The fraction of sp³-hybridized carbons (Fsp3) is 0.278. The van der Waals surface area contributed by atoms with Crippen LogP contribution in [0.5, 0.6) is 5.75 Å². The van der Waals surface area contributed by atoms with Crippen molar-refractivity contribution in [2.45, 2.75) is 25.6 Å². The monoisotopic (exact) mass is 360 g/mol. The largest absolute Gasteiger partial charge is 0.489 e. The molecule has 1 unspecified atom stereocenters. The van der Waals surface area contributed by atoms with Crippen molar-refractivity contribution < 1.29 is 14.3 Å². The second-order valence-electron chi connectivity index (χ2n) is 5.31. The molecule has 1 heterocycles. The lowest BCUT2D eigenvalue weighted by molar-refractivity contribution is -0.128. The summed E-state index contributed by atoms with van der Waals surface area (Å²) in [6.45, 7) is 0.976. The van der Waals surface area contributed by atoms with Crippen LogP contribution in [0, 0.1) is 0 Å². The van der Waals surface area contributed by atoms with E-state index in [9.17, 15) is 4.79 Å². The average molecular weight is 361 g/mol. The van der Waals surface area contributed by atoms with E-state index in [0.29, 0.717) is 26.1 Å². The Morgan fingerprint density at radius 1 is 1.18 bits per heavy atom. The smallest absolute Gasteiger partial charge is 0.138 e. The zero-order chi connectivity index (χ0) is 15.4. The molecule has 0 bridgehead atoms. The van der Waals surface area contributed by atoms with Gasteiger partial charge in [-0.2, -0.15) is 0 Å². The average Bonchev–Trinajstić information content (AvgIpc) is 2.54. The summed E-state index contributed by atoms with van der Waals surface area (Å²) in [6, 6.07) is 15.9. The van der Waals surface area contributed by atoms with E-state index in [2.05, 4.69) is 15.9 Å². The predicted molar refractivity (Wildman–Crippen MR) is 87.9 cm³/mol. The zero-order valence-corrected chi connectivity index (χ0v) is 13.7. The molecule has 1 saturated heterocycles. The Morgan fingerprint density at radius 2 is 2.00 bits per heavy atom. The van der Waals surface area contributed by atoms with Crippen molar-refractivity contribution in [3.63, 3.8) is 0 Å². The highest BCUT2D eigenvalue weighted by Crippen LogP contribution is 2.35. The first-order chi connectivity index (χ1) is 10.7. The van der Waals surface area contributed by atoms with E-state index < -0.39 is 0 Å². The van der Waals surface area contributed by atoms with Gasteiger partial charge in [-0.3, -0.25) is 4.79 Å². The molecule has 0 N–H and O–H groups in total. The van der Waals surface area contributed by atoms with Crippen LogP contribution in [0.4, 0.5) is 0 Å². The SMILES string of the molecule is O=C1CCOC(c2cc(Br)ccc2OCc2ccccc2)C1. The number of carbonyl (C=O) groups is 1. The lowest BCUT2D eigenvalue weighted by Gasteiger charge is -2.24. The van der Waals surface area contributed by atoms with Gasteiger partial charge in [0.1, 0.15) is 18.1 Å². The molecule has 3 rings (SSSR count). The van der Waals surface area contributed by atoms with Crippen molar-refractivity contribution in [1.29, 1.82) is 0 Å². The second-order valence-corrected chi connectivity index (χ2v) is 6.22. The number of rotatable bonds is 4. The highest BCUT2D eigenvalue weighted by Gasteiger charge is 2.24. The predicted octanol–water partition coefficient (Wildman–Crippen LogP) is 4.45. The van der Waals surface area contributed by atoms with Gasteiger partial charge in [0.25, 0.3) is 0 Å². The van der Waals surface area contributed by atoms with Crippen LogP contribution in [-0.4, -0.2) is 12.4 Å². The summed E-state index contributed by atoms with van der Waals surface area (Å²) in [5, 5.41) is 0. The summed E-state index contributed by atoms with van der Waals surface area (Å²) >= 11 is 3.48. The Balaban J connectivity index is 1.79. The van der Waals surface area contributed by atoms with Gasteiger partial charge >= 0.3 is 0 Å². The van der Waals surface area contributed by atoms with E-state index in [4.69, 9.17) is 9.47 Å². The Hall–Kier alpha value is -1.65. The minimum atomic E-state index is -0.218. The first kappa shape index (κ1) is 15.3. The van der Waals surface area contributed by atoms with Gasteiger partial charge in [0.05, 0.1) is 12.7 Å². The third-order valence-corrected chi connectivity index (χ3v) is 4.16. The van der Waals surface area contributed by atoms with Crippen molar-refractivity contribution in [3.05, 3.63) is 64.1 Å². The molecular formula is C18H17BrO3. The standard InChI is InChI=1S/C18H17BrO3/c19-14-6-7-17(22-12-13-4-2-1-3-5-13)16(10-14)18-11-15(20)8-9-21-18/h1-7,10,18H,8-9,11-12H2. The first-order valence-electron chi connectivity index (χ1n) is 7.32. The first-order valence-corrected chi connectivity index (χ1v) is 8.11. The molecule has 2 aromatic rings. The molecule has 4 heteroatoms. The van der Waals surface area contributed by atoms with Crippen LogP contribution < -0.4 is 4.74 Å². The molecule has 22 heavy (non-hydrogen) atoms. The quantitative estimate of drug-likeness (QED) is 0.807. The maximum atomic E-state index is 11.7. The normalized spacial score (nSPS) is 18.2. The molecule has 0 radical (unpaired) electrons. The topological polar surface area (TPSA) is 35.5 Å². The van der Waals surface area contributed by atoms with Crippen LogP contribution in [0.25, 0.3) is 0 Å². The second kappa shape index (κ2) is 7.07. The highest BCUT2D eigenvalue weighted by molar-refractivity contribution is 9.10. The fourth-order valence-electron chi connectivity index (χ4n) is 2.52. The number of Topliss-reactive ketones (excluding diaryl/α,β-unsaturated/α-hetero) is 1. The van der Waals surface area contributed by atoms with Gasteiger partial charge in [-0.25, -0.2) is 0 Å². The lowest BCUT2D eigenvalue weighted by atomic mass is 9.99. The summed E-state index contributed by atoms with van der Waals surface area (Å²) in [5.41, 5.74) is 2.04. The van der Waals surface area contributed by atoms with Crippen molar-refractivity contribution in [3.8, 4) is 5.75 Å². The molecular weight excluding hydrogens is 344 g/mol. The van der Waals surface area contributed by atoms with Crippen LogP contribution in [0.15, 0.2) is 53.0 Å². The number of halogens is 1. The number of carbonyl (C=O) groups excluding carboxylic acids is 1. The van der Waals surface area contributed by atoms with Gasteiger partial charge in [-0.15, -0.1) is 0 Å². The molecule has 0 aromatic heterocycles. The third-order valence-electron chi connectivity index (χ3n) is 3.67. The lowest BCUT2D eigenvalue weighted by Crippen LogP contribution is -2.20. The summed E-state index contributed by atoms with van der Waals surface area (Å²) in [6.07, 6.45) is 0.701. The van der Waals surface area contributed by atoms with Crippen LogP contribution in [0.3, 0.4) is 0 Å². The van der Waals surface area contributed by atoms with Crippen LogP contribution in [-0.2, 0) is 16.1 Å². The zero-order valence-electron chi connectivity index (χ0n) is 12.1. The third kappa shape index (κ3) is 3.76. The van der Waals surface area contributed by atoms with Gasteiger partial charge in [0.15, 0.2) is 0 Å². The minimum Gasteiger partial charge on any atom is -0.489 e. The molecule has 1 aliphatic rings. The van der Waals surface area contributed by atoms with Gasteiger partial charge in [-0.1, -0.05) is 46.3 Å². The summed E-state index contributed by atoms with van der Waals surface area (Å²) in [7, 11) is 0. The van der Waals surface area contributed by atoms with Crippen molar-refractivity contribution >= 4 is 21.7 Å². The van der Waals surface area contributed by atoms with E-state index >= 15 is 0 Å². The molecule has 3 nitrogen and oxygen atoms in total. The Bertz CT molecular complexity index is 655. The maximum absolute atomic E-state index is 11.7. The highest BCUT2D eigenvalue weighted by atomic mass is 79.9. The molecule has 0 spiro atoms. The van der Waals surface area contributed by atoms with E-state index in [0.717, 1.165) is 21.3 Å². The molecule has 1 aliphatic heterocycles. The van der Waals surface area contributed by atoms with Gasteiger partial charge in [0.2, 0.25) is 0 Å².